The van der Waals surface area contributed by atoms with E-state index in [1.54, 1.807) is 36.4 Å². The zero-order valence-corrected chi connectivity index (χ0v) is 17.8. The van der Waals surface area contributed by atoms with E-state index in [9.17, 15) is 21.4 Å². The first kappa shape index (κ1) is 21.7. The molecule has 0 amide bonds. The predicted molar refractivity (Wildman–Crippen MR) is 109 cm³/mol. The fraction of sp³-hybridized carbons (Fsp3) is 0.0588. The van der Waals surface area contributed by atoms with Crippen molar-refractivity contribution in [2.75, 3.05) is 5.32 Å². The molecular weight excluding hydrogens is 460 g/mol. The van der Waals surface area contributed by atoms with Crippen molar-refractivity contribution in [2.45, 2.75) is 26.1 Å². The van der Waals surface area contributed by atoms with Crippen LogP contribution in [0.3, 0.4) is 0 Å². The van der Waals surface area contributed by atoms with Gasteiger partial charge in [0.25, 0.3) is 10.1 Å². The zero-order chi connectivity index (χ0) is 21.2. The van der Waals surface area contributed by atoms with Gasteiger partial charge in [-0.2, -0.15) is 8.42 Å². The van der Waals surface area contributed by atoms with Gasteiger partial charge < -0.3 is 9.73 Å². The molecule has 4 N–H and O–H groups in total. The first-order valence-electron chi connectivity index (χ1n) is 7.92. The van der Waals surface area contributed by atoms with Crippen LogP contribution in [0.4, 0.5) is 5.69 Å². The van der Waals surface area contributed by atoms with Crippen molar-refractivity contribution in [3.05, 3.63) is 65.6 Å². The molecule has 0 bridgehead atoms. The highest BCUT2D eigenvalue weighted by molar-refractivity contribution is 8.00. The van der Waals surface area contributed by atoms with Gasteiger partial charge in [-0.3, -0.25) is 4.55 Å². The number of primary sulfonamides is 1. The standard InChI is InChI=1S/C17H15ClN2O6S3/c18-11-3-5-13(6-4-11)27-15-8-14(20-10-12-2-1-7-26-12)16(29(23,24)25)9-17(15)28(19,21)22/h1-9,20H,10H2,(H2,19,21,22)(H,23,24,25). The summed E-state index contributed by atoms with van der Waals surface area (Å²) in [6, 6.07) is 12.1. The summed E-state index contributed by atoms with van der Waals surface area (Å²) in [7, 11) is -9.03. The summed E-state index contributed by atoms with van der Waals surface area (Å²) in [5.74, 6) is 0.508. The van der Waals surface area contributed by atoms with Crippen LogP contribution in [-0.4, -0.2) is 21.4 Å². The molecule has 0 unspecified atom stereocenters. The van der Waals surface area contributed by atoms with Gasteiger partial charge in [-0.05, 0) is 48.5 Å². The maximum atomic E-state index is 12.1. The minimum Gasteiger partial charge on any atom is -0.467 e. The fourth-order valence-electron chi connectivity index (χ4n) is 2.42. The van der Waals surface area contributed by atoms with Crippen LogP contribution in [0, 0.1) is 0 Å². The Bertz CT molecular complexity index is 1220. The normalized spacial score (nSPS) is 12.1. The molecule has 0 saturated heterocycles. The quantitative estimate of drug-likeness (QED) is 0.441. The molecule has 8 nitrogen and oxygen atoms in total. The van der Waals surface area contributed by atoms with Crippen molar-refractivity contribution in [3.8, 4) is 0 Å². The summed E-state index contributed by atoms with van der Waals surface area (Å²) < 4.78 is 62.6. The number of nitrogens with one attached hydrogen (secondary N) is 1. The maximum absolute atomic E-state index is 12.1. The second kappa shape index (κ2) is 8.38. The highest BCUT2D eigenvalue weighted by atomic mass is 35.5. The van der Waals surface area contributed by atoms with E-state index in [4.69, 9.17) is 21.2 Å². The van der Waals surface area contributed by atoms with E-state index in [0.29, 0.717) is 15.7 Å². The average Bonchev–Trinajstić information content (AvgIpc) is 3.13. The van der Waals surface area contributed by atoms with Gasteiger partial charge in [0.2, 0.25) is 10.0 Å². The number of halogens is 1. The lowest BCUT2D eigenvalue weighted by Gasteiger charge is -2.15. The molecule has 0 aliphatic heterocycles. The van der Waals surface area contributed by atoms with Crippen LogP contribution >= 0.6 is 23.4 Å². The van der Waals surface area contributed by atoms with Crippen molar-refractivity contribution in [1.29, 1.82) is 0 Å². The monoisotopic (exact) mass is 474 g/mol. The Labute approximate surface area is 176 Å². The van der Waals surface area contributed by atoms with Crippen molar-refractivity contribution >= 4 is 49.2 Å². The van der Waals surface area contributed by atoms with Gasteiger partial charge in [-0.25, -0.2) is 13.6 Å². The SMILES string of the molecule is NS(=O)(=O)c1cc(S(=O)(=O)O)c(NCc2ccco2)cc1Sc1ccc(Cl)cc1. The molecule has 0 fully saturated rings. The summed E-state index contributed by atoms with van der Waals surface area (Å²) in [6.45, 7) is 0.106. The van der Waals surface area contributed by atoms with Crippen LogP contribution in [0.5, 0.6) is 0 Å². The van der Waals surface area contributed by atoms with E-state index in [2.05, 4.69) is 5.32 Å². The Balaban J connectivity index is 2.11. The Hall–Kier alpha value is -2.02. The topological polar surface area (TPSA) is 140 Å². The second-order valence-corrected chi connectivity index (χ2v) is 10.3. The van der Waals surface area contributed by atoms with Crippen LogP contribution in [0.1, 0.15) is 5.76 Å². The molecule has 0 saturated carbocycles. The van der Waals surface area contributed by atoms with Crippen molar-refractivity contribution < 1.29 is 25.8 Å². The highest BCUT2D eigenvalue weighted by Crippen LogP contribution is 2.38. The molecule has 154 valence electrons. The first-order valence-corrected chi connectivity index (χ1v) is 12.1. The number of furan rings is 1. The molecule has 0 atom stereocenters. The fourth-order valence-corrected chi connectivity index (χ4v) is 5.25. The van der Waals surface area contributed by atoms with Gasteiger partial charge in [-0.1, -0.05) is 23.4 Å². The minimum atomic E-state index is -4.74. The van der Waals surface area contributed by atoms with E-state index in [1.807, 2.05) is 0 Å². The first-order chi connectivity index (χ1) is 13.5. The third kappa shape index (κ3) is 5.53. The molecule has 0 radical (unpaired) electrons. The Morgan fingerprint density at radius 1 is 1.07 bits per heavy atom. The van der Waals surface area contributed by atoms with Crippen molar-refractivity contribution in [1.82, 2.24) is 0 Å². The van der Waals surface area contributed by atoms with Crippen LogP contribution in [0.15, 0.2) is 78.8 Å². The molecule has 0 spiro atoms. The minimum absolute atomic E-state index is 0.00670. The molecule has 1 aromatic heterocycles. The summed E-state index contributed by atoms with van der Waals surface area (Å²) in [6.07, 6.45) is 1.45. The number of anilines is 1. The molecule has 29 heavy (non-hydrogen) atoms. The van der Waals surface area contributed by atoms with Crippen LogP contribution < -0.4 is 10.5 Å². The summed E-state index contributed by atoms with van der Waals surface area (Å²) in [4.78, 5) is -0.234. The van der Waals surface area contributed by atoms with Gasteiger partial charge in [0.05, 0.1) is 23.4 Å². The zero-order valence-electron chi connectivity index (χ0n) is 14.6. The summed E-state index contributed by atoms with van der Waals surface area (Å²) in [5, 5.41) is 8.61. The van der Waals surface area contributed by atoms with Crippen molar-refractivity contribution in [2.24, 2.45) is 5.14 Å². The molecule has 12 heteroatoms. The second-order valence-electron chi connectivity index (χ2n) is 5.80. The number of benzene rings is 2. The van der Waals surface area contributed by atoms with Crippen LogP contribution in [-0.2, 0) is 26.7 Å². The van der Waals surface area contributed by atoms with E-state index in [0.717, 1.165) is 17.8 Å². The molecule has 1 heterocycles. The van der Waals surface area contributed by atoms with E-state index >= 15 is 0 Å². The number of hydrogen-bond donors (Lipinski definition) is 3. The molecule has 3 rings (SSSR count). The molecule has 2 aromatic carbocycles. The maximum Gasteiger partial charge on any atom is 0.296 e. The molecular formula is C17H15ClN2O6S3. The van der Waals surface area contributed by atoms with Gasteiger partial charge in [-0.15, -0.1) is 0 Å². The molecule has 0 aliphatic carbocycles. The van der Waals surface area contributed by atoms with Crippen LogP contribution in [0.2, 0.25) is 5.02 Å². The van der Waals surface area contributed by atoms with Gasteiger partial charge in [0, 0.05) is 14.8 Å². The third-order valence-corrected chi connectivity index (χ3v) is 7.00. The molecule has 3 aromatic rings. The lowest BCUT2D eigenvalue weighted by Crippen LogP contribution is -2.16. The van der Waals surface area contributed by atoms with E-state index in [-0.39, 0.29) is 17.1 Å². The number of rotatable bonds is 7. The Kier molecular flexibility index (Phi) is 6.27. The summed E-state index contributed by atoms with van der Waals surface area (Å²) in [5.41, 5.74) is -0.00670. The van der Waals surface area contributed by atoms with E-state index < -0.39 is 29.9 Å². The van der Waals surface area contributed by atoms with Crippen LogP contribution in [0.25, 0.3) is 0 Å². The largest absolute Gasteiger partial charge is 0.467 e. The van der Waals surface area contributed by atoms with E-state index in [1.165, 1.54) is 12.3 Å². The average molecular weight is 475 g/mol. The Morgan fingerprint density at radius 3 is 2.31 bits per heavy atom. The summed E-state index contributed by atoms with van der Waals surface area (Å²) >= 11 is 6.92. The lowest BCUT2D eigenvalue weighted by atomic mass is 10.3. The number of hydrogen-bond acceptors (Lipinski definition) is 7. The third-order valence-electron chi connectivity index (χ3n) is 3.70. The highest BCUT2D eigenvalue weighted by Gasteiger charge is 2.24. The smallest absolute Gasteiger partial charge is 0.296 e. The lowest BCUT2D eigenvalue weighted by molar-refractivity contribution is 0.482. The molecule has 0 aliphatic rings. The number of sulfonamides is 1. The van der Waals surface area contributed by atoms with Gasteiger partial charge in [0.15, 0.2) is 0 Å². The van der Waals surface area contributed by atoms with Crippen molar-refractivity contribution in [3.63, 3.8) is 0 Å². The van der Waals surface area contributed by atoms with Gasteiger partial charge >= 0.3 is 0 Å². The predicted octanol–water partition coefficient (Wildman–Crippen LogP) is 3.59. The van der Waals surface area contributed by atoms with Gasteiger partial charge in [0.1, 0.15) is 10.7 Å². The Morgan fingerprint density at radius 2 is 1.76 bits per heavy atom. The number of nitrogens with two attached hydrogens (primary N) is 1.